The molecule has 0 bridgehead atoms. The van der Waals surface area contributed by atoms with Gasteiger partial charge in [-0.3, -0.25) is 0 Å². The van der Waals surface area contributed by atoms with E-state index in [2.05, 4.69) is 9.97 Å². The maximum atomic E-state index is 13.5. The Morgan fingerprint density at radius 1 is 1.12 bits per heavy atom. The van der Waals surface area contributed by atoms with Crippen LogP contribution in [-0.2, 0) is 0 Å². The van der Waals surface area contributed by atoms with Crippen molar-refractivity contribution in [2.45, 2.75) is 6.92 Å². The number of hydrogen-bond donors (Lipinski definition) is 2. The van der Waals surface area contributed by atoms with Crippen molar-refractivity contribution >= 4 is 10.9 Å². The van der Waals surface area contributed by atoms with Crippen LogP contribution in [0.3, 0.4) is 0 Å². The van der Waals surface area contributed by atoms with E-state index < -0.39 is 11.6 Å². The van der Waals surface area contributed by atoms with Crippen molar-refractivity contribution in [3.05, 3.63) is 47.8 Å². The smallest absolute Gasteiger partial charge is 0.150 e. The van der Waals surface area contributed by atoms with Crippen LogP contribution in [0.2, 0.25) is 0 Å². The zero-order chi connectivity index (χ0) is 12.0. The lowest BCUT2D eigenvalue weighted by Gasteiger charge is -1.99. The zero-order valence-electron chi connectivity index (χ0n) is 9.14. The molecule has 17 heavy (non-hydrogen) atoms. The molecule has 1 aromatic carbocycles. The van der Waals surface area contributed by atoms with Gasteiger partial charge >= 0.3 is 0 Å². The molecule has 2 N–H and O–H groups in total. The van der Waals surface area contributed by atoms with Crippen LogP contribution in [0.4, 0.5) is 8.78 Å². The lowest BCUT2D eigenvalue weighted by atomic mass is 10.1. The molecule has 0 spiro atoms. The monoisotopic (exact) mass is 232 g/mol. The summed E-state index contributed by atoms with van der Waals surface area (Å²) in [5, 5.41) is 0.549. The molecule has 3 rings (SSSR count). The van der Waals surface area contributed by atoms with Gasteiger partial charge in [0.25, 0.3) is 0 Å². The van der Waals surface area contributed by atoms with Gasteiger partial charge in [0.05, 0.1) is 11.2 Å². The van der Waals surface area contributed by atoms with Gasteiger partial charge in [0, 0.05) is 29.4 Å². The Hall–Kier alpha value is -2.10. The highest BCUT2D eigenvalue weighted by Crippen LogP contribution is 2.31. The predicted octanol–water partition coefficient (Wildman–Crippen LogP) is 3.75. The van der Waals surface area contributed by atoms with Gasteiger partial charge in [-0.25, -0.2) is 8.78 Å². The summed E-state index contributed by atoms with van der Waals surface area (Å²) in [6, 6.07) is 4.14. The van der Waals surface area contributed by atoms with E-state index in [0.717, 1.165) is 22.9 Å². The van der Waals surface area contributed by atoms with E-state index in [1.807, 2.05) is 13.0 Å². The molecule has 0 unspecified atom stereocenters. The second-order valence-corrected chi connectivity index (χ2v) is 4.05. The third-order valence-electron chi connectivity index (χ3n) is 2.93. The molecule has 2 heterocycles. The highest BCUT2D eigenvalue weighted by Gasteiger charge is 2.13. The molecule has 0 atom stereocenters. The Bertz CT molecular complexity index is 695. The topological polar surface area (TPSA) is 31.6 Å². The molecule has 0 fully saturated rings. The standard InChI is InChI=1S/C13H10F2N2/c1-7-2-3-16-12(7)10-6-17-13-9(10)4-8(14)5-11(13)15/h2-6,16-17H,1H3. The number of rotatable bonds is 1. The van der Waals surface area contributed by atoms with Crippen molar-refractivity contribution < 1.29 is 8.78 Å². The Labute approximate surface area is 96.3 Å². The maximum Gasteiger partial charge on any atom is 0.150 e. The van der Waals surface area contributed by atoms with Crippen LogP contribution in [0.15, 0.2) is 30.6 Å². The summed E-state index contributed by atoms with van der Waals surface area (Å²) in [7, 11) is 0. The molecule has 0 amide bonds. The normalized spacial score (nSPS) is 11.2. The van der Waals surface area contributed by atoms with Crippen LogP contribution in [0, 0.1) is 18.6 Å². The molecular formula is C13H10F2N2. The summed E-state index contributed by atoms with van der Waals surface area (Å²) in [5.41, 5.74) is 3.02. The molecule has 3 aromatic rings. The minimum atomic E-state index is -0.574. The summed E-state index contributed by atoms with van der Waals surface area (Å²) >= 11 is 0. The fourth-order valence-corrected chi connectivity index (χ4v) is 2.10. The van der Waals surface area contributed by atoms with Gasteiger partial charge < -0.3 is 9.97 Å². The van der Waals surface area contributed by atoms with Gasteiger partial charge in [0.15, 0.2) is 0 Å². The van der Waals surface area contributed by atoms with E-state index in [-0.39, 0.29) is 0 Å². The van der Waals surface area contributed by atoms with Gasteiger partial charge in [0.1, 0.15) is 11.6 Å². The molecule has 2 nitrogen and oxygen atoms in total. The van der Waals surface area contributed by atoms with Gasteiger partial charge in [-0.05, 0) is 24.6 Å². The van der Waals surface area contributed by atoms with Gasteiger partial charge in [-0.15, -0.1) is 0 Å². The van der Waals surface area contributed by atoms with Gasteiger partial charge in [-0.1, -0.05) is 0 Å². The number of fused-ring (bicyclic) bond motifs is 1. The minimum Gasteiger partial charge on any atom is -0.361 e. The van der Waals surface area contributed by atoms with Crippen molar-refractivity contribution in [1.29, 1.82) is 0 Å². The number of halogens is 2. The van der Waals surface area contributed by atoms with E-state index >= 15 is 0 Å². The van der Waals surface area contributed by atoms with E-state index in [1.54, 1.807) is 12.4 Å². The number of benzene rings is 1. The SMILES string of the molecule is Cc1cc[nH]c1-c1c[nH]c2c(F)cc(F)cc12. The van der Waals surface area contributed by atoms with Gasteiger partial charge in [-0.2, -0.15) is 0 Å². The molecule has 0 aliphatic heterocycles. The number of aromatic amines is 2. The highest BCUT2D eigenvalue weighted by molar-refractivity contribution is 5.95. The highest BCUT2D eigenvalue weighted by atomic mass is 19.1. The van der Waals surface area contributed by atoms with Crippen LogP contribution in [0.25, 0.3) is 22.2 Å². The molecule has 0 saturated heterocycles. The first kappa shape index (κ1) is 10.1. The summed E-state index contributed by atoms with van der Waals surface area (Å²) in [5.74, 6) is -1.14. The quantitative estimate of drug-likeness (QED) is 0.640. The van der Waals surface area contributed by atoms with Crippen molar-refractivity contribution in [3.8, 4) is 11.3 Å². The Morgan fingerprint density at radius 2 is 1.94 bits per heavy atom. The van der Waals surface area contributed by atoms with Crippen LogP contribution in [-0.4, -0.2) is 9.97 Å². The fourth-order valence-electron chi connectivity index (χ4n) is 2.10. The molecule has 4 heteroatoms. The first-order chi connectivity index (χ1) is 8.16. The average molecular weight is 232 g/mol. The summed E-state index contributed by atoms with van der Waals surface area (Å²) in [6.07, 6.45) is 3.49. The second kappa shape index (κ2) is 3.45. The van der Waals surface area contributed by atoms with Crippen LogP contribution >= 0.6 is 0 Å². The molecule has 86 valence electrons. The van der Waals surface area contributed by atoms with E-state index in [9.17, 15) is 8.78 Å². The number of aryl methyl sites for hydroxylation is 1. The fraction of sp³-hybridized carbons (Fsp3) is 0.0769. The molecule has 2 aromatic heterocycles. The summed E-state index contributed by atoms with van der Waals surface area (Å²) in [4.78, 5) is 5.91. The molecule has 0 saturated carbocycles. The van der Waals surface area contributed by atoms with Crippen molar-refractivity contribution in [2.75, 3.05) is 0 Å². The third kappa shape index (κ3) is 1.45. The number of nitrogens with one attached hydrogen (secondary N) is 2. The molecule has 0 aliphatic rings. The van der Waals surface area contributed by atoms with Crippen molar-refractivity contribution in [1.82, 2.24) is 9.97 Å². The van der Waals surface area contributed by atoms with Crippen molar-refractivity contribution in [2.24, 2.45) is 0 Å². The second-order valence-electron chi connectivity index (χ2n) is 4.05. The molecule has 0 radical (unpaired) electrons. The Balaban J connectivity index is 2.36. The lowest BCUT2D eigenvalue weighted by Crippen LogP contribution is -1.83. The van der Waals surface area contributed by atoms with Crippen LogP contribution in [0.5, 0.6) is 0 Å². The van der Waals surface area contributed by atoms with Crippen LogP contribution in [0.1, 0.15) is 5.56 Å². The van der Waals surface area contributed by atoms with E-state index in [1.165, 1.54) is 6.07 Å². The summed E-state index contributed by atoms with van der Waals surface area (Å²) in [6.45, 7) is 1.94. The average Bonchev–Trinajstić information content (AvgIpc) is 2.84. The summed E-state index contributed by atoms with van der Waals surface area (Å²) < 4.78 is 26.8. The predicted molar refractivity (Wildman–Crippen MR) is 62.7 cm³/mol. The lowest BCUT2D eigenvalue weighted by molar-refractivity contribution is 0.591. The van der Waals surface area contributed by atoms with Gasteiger partial charge in [0.2, 0.25) is 0 Å². The van der Waals surface area contributed by atoms with Crippen molar-refractivity contribution in [3.63, 3.8) is 0 Å². The number of hydrogen-bond acceptors (Lipinski definition) is 0. The first-order valence-electron chi connectivity index (χ1n) is 5.27. The Morgan fingerprint density at radius 3 is 2.65 bits per heavy atom. The zero-order valence-corrected chi connectivity index (χ0v) is 9.14. The maximum absolute atomic E-state index is 13.5. The third-order valence-corrected chi connectivity index (χ3v) is 2.93. The largest absolute Gasteiger partial charge is 0.361 e. The van der Waals surface area contributed by atoms with E-state index in [4.69, 9.17) is 0 Å². The van der Waals surface area contributed by atoms with E-state index in [0.29, 0.717) is 10.9 Å². The Kier molecular flexibility index (Phi) is 2.04. The van der Waals surface area contributed by atoms with Crippen LogP contribution < -0.4 is 0 Å². The first-order valence-corrected chi connectivity index (χ1v) is 5.27. The number of aromatic nitrogens is 2. The number of H-pyrrole nitrogens is 2. The minimum absolute atomic E-state index is 0.329. The molecule has 0 aliphatic carbocycles. The molecular weight excluding hydrogens is 222 g/mol.